The van der Waals surface area contributed by atoms with Crippen LogP contribution in [0.2, 0.25) is 0 Å². The predicted octanol–water partition coefficient (Wildman–Crippen LogP) is 6.25. The molecule has 0 spiro atoms. The van der Waals surface area contributed by atoms with Crippen LogP contribution in [0.4, 0.5) is 5.69 Å². The molecule has 2 aromatic heterocycles. The molecule has 0 unspecified atom stereocenters. The second-order valence-electron chi connectivity index (χ2n) is 9.10. The number of aryl methyl sites for hydroxylation is 1. The number of pyridine rings is 1. The molecule has 6 nitrogen and oxygen atoms in total. The number of hydrogen-bond acceptors (Lipinski definition) is 3. The molecule has 188 valence electrons. The van der Waals surface area contributed by atoms with Gasteiger partial charge in [-0.1, -0.05) is 36.4 Å². The number of para-hydroxylation sites is 2. The van der Waals surface area contributed by atoms with Crippen LogP contribution in [0.15, 0.2) is 89.5 Å². The van der Waals surface area contributed by atoms with Crippen molar-refractivity contribution in [3.05, 3.63) is 112 Å². The summed E-state index contributed by atoms with van der Waals surface area (Å²) in [5.41, 5.74) is 6.19. The van der Waals surface area contributed by atoms with E-state index in [0.717, 1.165) is 38.5 Å². The first-order chi connectivity index (χ1) is 17.9. The van der Waals surface area contributed by atoms with Crippen LogP contribution in [0, 0.1) is 13.8 Å². The van der Waals surface area contributed by atoms with Gasteiger partial charge in [-0.15, -0.1) is 0 Å². The van der Waals surface area contributed by atoms with Gasteiger partial charge in [-0.05, 0) is 90.0 Å². The molecule has 0 bridgehead atoms. The Morgan fingerprint density at radius 1 is 1.05 bits per heavy atom. The lowest BCUT2D eigenvalue weighted by Crippen LogP contribution is -2.32. The lowest BCUT2D eigenvalue weighted by Gasteiger charge is -2.28. The average molecular weight is 575 g/mol. The molecule has 1 aliphatic rings. The second kappa shape index (κ2) is 10.9. The summed E-state index contributed by atoms with van der Waals surface area (Å²) in [5, 5.41) is 7.10. The van der Waals surface area contributed by atoms with Crippen molar-refractivity contribution < 1.29 is 4.79 Å². The SMILES string of the molecule is Cc1cc([C@@H]2[C@H](c3ccccn3)NC(=S)N2CCC(=O)Nc2ccccc2)c(C)n1-c1ccccc1Br. The van der Waals surface area contributed by atoms with Crippen LogP contribution in [0.1, 0.15) is 41.1 Å². The zero-order valence-corrected chi connectivity index (χ0v) is 23.1. The molecule has 2 aromatic carbocycles. The highest BCUT2D eigenvalue weighted by atomic mass is 79.9. The number of nitrogens with one attached hydrogen (secondary N) is 2. The van der Waals surface area contributed by atoms with Crippen LogP contribution >= 0.6 is 28.1 Å². The summed E-state index contributed by atoms with van der Waals surface area (Å²) in [6, 6.07) is 25.6. The standard InChI is InChI=1S/C29H28BrN5OS/c1-19-18-22(20(2)35(19)25-14-7-6-12-23(25)30)28-27(24-13-8-9-16-31-24)33-29(37)34(28)17-15-26(36)32-21-10-4-3-5-11-21/h3-14,16,18,27-28H,15,17H2,1-2H3,(H,32,36)(H,33,37)/t27-,28+/m0/s1. The van der Waals surface area contributed by atoms with Crippen molar-refractivity contribution in [1.82, 2.24) is 19.8 Å². The third-order valence-electron chi connectivity index (χ3n) is 6.72. The number of carbonyl (C=O) groups excluding carboxylic acids is 1. The first-order valence-corrected chi connectivity index (χ1v) is 13.4. The van der Waals surface area contributed by atoms with E-state index in [9.17, 15) is 4.79 Å². The van der Waals surface area contributed by atoms with Gasteiger partial charge in [-0.25, -0.2) is 0 Å². The van der Waals surface area contributed by atoms with E-state index in [0.29, 0.717) is 18.1 Å². The van der Waals surface area contributed by atoms with Crippen molar-refractivity contribution >= 4 is 44.9 Å². The highest BCUT2D eigenvalue weighted by Crippen LogP contribution is 2.41. The molecular weight excluding hydrogens is 546 g/mol. The van der Waals surface area contributed by atoms with Crippen molar-refractivity contribution in [3.8, 4) is 5.69 Å². The van der Waals surface area contributed by atoms with Gasteiger partial charge in [0.05, 0.1) is 23.5 Å². The zero-order chi connectivity index (χ0) is 25.9. The largest absolute Gasteiger partial charge is 0.352 e. The molecule has 1 fully saturated rings. The van der Waals surface area contributed by atoms with Crippen LogP contribution in [0.3, 0.4) is 0 Å². The molecule has 4 aromatic rings. The molecule has 2 atom stereocenters. The van der Waals surface area contributed by atoms with Crippen molar-refractivity contribution in [3.63, 3.8) is 0 Å². The minimum Gasteiger partial charge on any atom is -0.352 e. The van der Waals surface area contributed by atoms with E-state index in [1.165, 1.54) is 0 Å². The molecule has 1 aliphatic heterocycles. The first kappa shape index (κ1) is 25.2. The van der Waals surface area contributed by atoms with Crippen molar-refractivity contribution in [2.75, 3.05) is 11.9 Å². The Labute approximate surface area is 230 Å². The highest BCUT2D eigenvalue weighted by molar-refractivity contribution is 9.10. The van der Waals surface area contributed by atoms with E-state index in [1.807, 2.05) is 60.7 Å². The lowest BCUT2D eigenvalue weighted by atomic mass is 9.96. The topological polar surface area (TPSA) is 62.2 Å². The fourth-order valence-corrected chi connectivity index (χ4v) is 5.84. The maximum atomic E-state index is 12.8. The van der Waals surface area contributed by atoms with E-state index in [4.69, 9.17) is 12.2 Å². The Morgan fingerprint density at radius 2 is 1.78 bits per heavy atom. The number of amides is 1. The van der Waals surface area contributed by atoms with E-state index in [2.05, 4.69) is 73.1 Å². The smallest absolute Gasteiger partial charge is 0.226 e. The minimum atomic E-state index is -0.140. The Kier molecular flexibility index (Phi) is 7.39. The summed E-state index contributed by atoms with van der Waals surface area (Å²) in [7, 11) is 0. The number of halogens is 1. The zero-order valence-electron chi connectivity index (χ0n) is 20.7. The number of hydrogen-bond donors (Lipinski definition) is 2. The van der Waals surface area contributed by atoms with Gasteiger partial charge in [0.25, 0.3) is 0 Å². The van der Waals surface area contributed by atoms with E-state index in [-0.39, 0.29) is 18.0 Å². The maximum absolute atomic E-state index is 12.8. The fourth-order valence-electron chi connectivity index (χ4n) is 5.04. The van der Waals surface area contributed by atoms with Gasteiger partial charge < -0.3 is 20.1 Å². The normalized spacial score (nSPS) is 17.1. The third kappa shape index (κ3) is 5.17. The van der Waals surface area contributed by atoms with Crippen LogP contribution in [0.25, 0.3) is 5.69 Å². The predicted molar refractivity (Wildman–Crippen MR) is 155 cm³/mol. The first-order valence-electron chi connectivity index (χ1n) is 12.2. The summed E-state index contributed by atoms with van der Waals surface area (Å²) in [6.07, 6.45) is 2.11. The second-order valence-corrected chi connectivity index (χ2v) is 10.3. The fraction of sp³-hybridized carbons (Fsp3) is 0.207. The van der Waals surface area contributed by atoms with Gasteiger partial charge in [-0.2, -0.15) is 0 Å². The van der Waals surface area contributed by atoms with Gasteiger partial charge in [0, 0.05) is 40.7 Å². The van der Waals surface area contributed by atoms with Crippen molar-refractivity contribution in [1.29, 1.82) is 0 Å². The van der Waals surface area contributed by atoms with Crippen LogP contribution in [-0.2, 0) is 4.79 Å². The third-order valence-corrected chi connectivity index (χ3v) is 7.74. The Hall–Kier alpha value is -3.49. The molecule has 5 rings (SSSR count). The Bertz CT molecular complexity index is 1420. The average Bonchev–Trinajstić information content (AvgIpc) is 3.38. The molecular formula is C29H28BrN5OS. The summed E-state index contributed by atoms with van der Waals surface area (Å²) in [6.45, 7) is 4.74. The highest BCUT2D eigenvalue weighted by Gasteiger charge is 2.41. The molecule has 2 N–H and O–H groups in total. The quantitative estimate of drug-likeness (QED) is 0.256. The minimum absolute atomic E-state index is 0.0484. The number of anilines is 1. The van der Waals surface area contributed by atoms with E-state index < -0.39 is 0 Å². The number of benzene rings is 2. The Balaban J connectivity index is 1.49. The molecule has 8 heteroatoms. The maximum Gasteiger partial charge on any atom is 0.226 e. The number of carbonyl (C=O) groups is 1. The molecule has 1 saturated heterocycles. The lowest BCUT2D eigenvalue weighted by molar-refractivity contribution is -0.116. The van der Waals surface area contributed by atoms with E-state index in [1.54, 1.807) is 6.20 Å². The van der Waals surface area contributed by atoms with Gasteiger partial charge in [0.15, 0.2) is 5.11 Å². The van der Waals surface area contributed by atoms with Crippen LogP contribution in [-0.4, -0.2) is 32.0 Å². The summed E-state index contributed by atoms with van der Waals surface area (Å²) in [4.78, 5) is 19.6. The molecule has 1 amide bonds. The van der Waals surface area contributed by atoms with Gasteiger partial charge in [0.1, 0.15) is 0 Å². The molecule has 3 heterocycles. The summed E-state index contributed by atoms with van der Waals surface area (Å²) < 4.78 is 3.29. The van der Waals surface area contributed by atoms with Crippen molar-refractivity contribution in [2.45, 2.75) is 32.4 Å². The molecule has 0 radical (unpaired) electrons. The van der Waals surface area contributed by atoms with E-state index >= 15 is 0 Å². The monoisotopic (exact) mass is 573 g/mol. The summed E-state index contributed by atoms with van der Waals surface area (Å²) >= 11 is 9.53. The summed E-state index contributed by atoms with van der Waals surface area (Å²) in [5.74, 6) is -0.0484. The van der Waals surface area contributed by atoms with Crippen LogP contribution in [0.5, 0.6) is 0 Å². The van der Waals surface area contributed by atoms with Gasteiger partial charge in [-0.3, -0.25) is 9.78 Å². The molecule has 37 heavy (non-hydrogen) atoms. The molecule has 0 saturated carbocycles. The molecule has 0 aliphatic carbocycles. The number of aromatic nitrogens is 2. The number of thiocarbonyl (C=S) groups is 1. The van der Waals surface area contributed by atoms with Crippen LogP contribution < -0.4 is 10.6 Å². The van der Waals surface area contributed by atoms with Gasteiger partial charge in [0.2, 0.25) is 5.91 Å². The number of rotatable bonds is 7. The Morgan fingerprint density at radius 3 is 2.51 bits per heavy atom. The van der Waals surface area contributed by atoms with Gasteiger partial charge >= 0.3 is 0 Å². The number of nitrogens with zero attached hydrogens (tertiary/aromatic N) is 3. The van der Waals surface area contributed by atoms with Crippen molar-refractivity contribution in [2.24, 2.45) is 0 Å².